The predicted octanol–water partition coefficient (Wildman–Crippen LogP) is 2.33. The second-order valence-electron chi connectivity index (χ2n) is 7.51. The molecule has 6 nitrogen and oxygen atoms in total. The van der Waals surface area contributed by atoms with E-state index in [1.165, 1.54) is 5.56 Å². The minimum absolute atomic E-state index is 0.0867. The fourth-order valence-electron chi connectivity index (χ4n) is 4.03. The predicted molar refractivity (Wildman–Crippen MR) is 108 cm³/mol. The van der Waals surface area contributed by atoms with E-state index < -0.39 is 6.10 Å². The number of nitrogens with one attached hydrogen (secondary N) is 2. The summed E-state index contributed by atoms with van der Waals surface area (Å²) in [6.45, 7) is 2.73. The second kappa shape index (κ2) is 7.21. The first kappa shape index (κ1) is 17.8. The van der Waals surface area contributed by atoms with Crippen LogP contribution < -0.4 is 16.7 Å². The van der Waals surface area contributed by atoms with Crippen molar-refractivity contribution in [1.29, 1.82) is 0 Å². The molecule has 142 valence electrons. The van der Waals surface area contributed by atoms with Crippen LogP contribution in [0.4, 0.5) is 5.69 Å². The van der Waals surface area contributed by atoms with Gasteiger partial charge in [-0.05, 0) is 49.9 Å². The third-order valence-corrected chi connectivity index (χ3v) is 5.53. The third kappa shape index (κ3) is 3.50. The number of nitrogen functional groups attached to an aromatic ring is 1. The number of aromatic nitrogens is 2. The molecule has 0 amide bonds. The van der Waals surface area contributed by atoms with Crippen molar-refractivity contribution >= 4 is 16.7 Å². The van der Waals surface area contributed by atoms with E-state index in [0.29, 0.717) is 13.0 Å². The number of para-hydroxylation sites is 1. The molecule has 0 saturated carbocycles. The molecule has 3 atom stereocenters. The van der Waals surface area contributed by atoms with Gasteiger partial charge in [0.15, 0.2) is 0 Å². The summed E-state index contributed by atoms with van der Waals surface area (Å²) in [5.41, 5.74) is 10.1. The lowest BCUT2D eigenvalue weighted by Gasteiger charge is -2.26. The van der Waals surface area contributed by atoms with Gasteiger partial charge in [0.1, 0.15) is 0 Å². The highest BCUT2D eigenvalue weighted by Gasteiger charge is 2.29. The Hall–Kier alpha value is -2.57. The highest BCUT2D eigenvalue weighted by Crippen LogP contribution is 2.30. The van der Waals surface area contributed by atoms with Crippen molar-refractivity contribution in [2.24, 2.45) is 0 Å². The lowest BCUT2D eigenvalue weighted by atomic mass is 9.98. The van der Waals surface area contributed by atoms with Gasteiger partial charge in [-0.25, -0.2) is 4.79 Å². The Kier molecular flexibility index (Phi) is 4.76. The molecule has 0 aliphatic carbocycles. The third-order valence-electron chi connectivity index (χ3n) is 5.53. The van der Waals surface area contributed by atoms with Crippen LogP contribution in [-0.2, 0) is 13.0 Å². The van der Waals surface area contributed by atoms with Crippen LogP contribution in [0.25, 0.3) is 11.0 Å². The molecule has 0 fully saturated rings. The molecule has 1 aliphatic rings. The standard InChI is InChI=1S/C21H26N4O2/c1-13(5-6-14-7-9-15(22)10-8-14)23-18-11-12-25-19-16(20(18)26)3-2-4-17(19)24-21(25)27/h2-4,7-10,13,18,20,23,26H,5-6,11-12,22H2,1H3,(H,24,27)/t13-,18-,20?/m1/s1. The van der Waals surface area contributed by atoms with Gasteiger partial charge in [0, 0.05) is 29.9 Å². The molecule has 27 heavy (non-hydrogen) atoms. The molecule has 0 saturated heterocycles. The number of H-pyrrole nitrogens is 1. The molecular formula is C21H26N4O2. The van der Waals surface area contributed by atoms with E-state index in [1.807, 2.05) is 30.3 Å². The van der Waals surface area contributed by atoms with Crippen LogP contribution in [0.1, 0.15) is 37.0 Å². The lowest BCUT2D eigenvalue weighted by molar-refractivity contribution is 0.119. The molecule has 3 aromatic rings. The maximum absolute atomic E-state index is 12.2. The summed E-state index contributed by atoms with van der Waals surface area (Å²) in [5, 5.41) is 14.6. The molecule has 0 radical (unpaired) electrons. The minimum atomic E-state index is -0.642. The van der Waals surface area contributed by atoms with Crippen molar-refractivity contribution in [3.63, 3.8) is 0 Å². The quantitative estimate of drug-likeness (QED) is 0.521. The number of imidazole rings is 1. The average Bonchev–Trinajstić information content (AvgIpc) is 2.91. The SMILES string of the molecule is C[C@H](CCc1ccc(N)cc1)N[C@@H]1CCn2c(=O)[nH]c3cccc(c32)C1O. The van der Waals surface area contributed by atoms with E-state index in [9.17, 15) is 9.90 Å². The monoisotopic (exact) mass is 366 g/mol. The van der Waals surface area contributed by atoms with Gasteiger partial charge >= 0.3 is 5.69 Å². The molecule has 2 aromatic carbocycles. The van der Waals surface area contributed by atoms with Crippen LogP contribution in [0.5, 0.6) is 0 Å². The van der Waals surface area contributed by atoms with Gasteiger partial charge < -0.3 is 21.1 Å². The van der Waals surface area contributed by atoms with E-state index in [4.69, 9.17) is 5.73 Å². The van der Waals surface area contributed by atoms with Crippen molar-refractivity contribution < 1.29 is 5.11 Å². The van der Waals surface area contributed by atoms with Crippen LogP contribution in [0.3, 0.4) is 0 Å². The summed E-state index contributed by atoms with van der Waals surface area (Å²) in [6, 6.07) is 13.8. The largest absolute Gasteiger partial charge is 0.399 e. The highest BCUT2D eigenvalue weighted by atomic mass is 16.3. The van der Waals surface area contributed by atoms with Gasteiger partial charge in [-0.3, -0.25) is 4.57 Å². The molecule has 0 spiro atoms. The first-order valence-electron chi connectivity index (χ1n) is 9.53. The molecule has 1 unspecified atom stereocenters. The van der Waals surface area contributed by atoms with Crippen LogP contribution in [0.2, 0.25) is 0 Å². The van der Waals surface area contributed by atoms with Gasteiger partial charge in [-0.2, -0.15) is 0 Å². The molecular weight excluding hydrogens is 340 g/mol. The minimum Gasteiger partial charge on any atom is -0.399 e. The van der Waals surface area contributed by atoms with E-state index in [0.717, 1.165) is 35.1 Å². The summed E-state index contributed by atoms with van der Waals surface area (Å²) in [6.07, 6.45) is 1.97. The number of aryl methyl sites for hydroxylation is 2. The van der Waals surface area contributed by atoms with E-state index in [1.54, 1.807) is 4.57 Å². The van der Waals surface area contributed by atoms with Gasteiger partial charge in [-0.1, -0.05) is 24.3 Å². The fraction of sp³-hybridized carbons (Fsp3) is 0.381. The Morgan fingerprint density at radius 2 is 2.07 bits per heavy atom. The van der Waals surface area contributed by atoms with Crippen molar-refractivity contribution in [3.05, 3.63) is 64.1 Å². The van der Waals surface area contributed by atoms with Crippen LogP contribution in [-0.4, -0.2) is 26.7 Å². The highest BCUT2D eigenvalue weighted by molar-refractivity contribution is 5.79. The molecule has 2 heterocycles. The topological polar surface area (TPSA) is 96.1 Å². The Balaban J connectivity index is 1.46. The van der Waals surface area contributed by atoms with E-state index in [-0.39, 0.29) is 17.8 Å². The zero-order chi connectivity index (χ0) is 19.0. The first-order chi connectivity index (χ1) is 13.0. The Labute approximate surface area is 158 Å². The Bertz CT molecular complexity index is 990. The van der Waals surface area contributed by atoms with Gasteiger partial charge in [-0.15, -0.1) is 0 Å². The zero-order valence-electron chi connectivity index (χ0n) is 15.5. The zero-order valence-corrected chi connectivity index (χ0v) is 15.5. The summed E-state index contributed by atoms with van der Waals surface area (Å²) in [7, 11) is 0. The normalized spacial score (nSPS) is 20.5. The van der Waals surface area contributed by atoms with Gasteiger partial charge in [0.2, 0.25) is 0 Å². The van der Waals surface area contributed by atoms with Crippen LogP contribution in [0, 0.1) is 0 Å². The smallest absolute Gasteiger partial charge is 0.326 e. The van der Waals surface area contributed by atoms with Crippen LogP contribution >= 0.6 is 0 Å². The molecule has 0 bridgehead atoms. The molecule has 4 rings (SSSR count). The number of aliphatic hydroxyl groups is 1. The number of anilines is 1. The number of nitrogens with zero attached hydrogens (tertiary/aromatic N) is 1. The fourth-order valence-corrected chi connectivity index (χ4v) is 4.03. The molecule has 1 aliphatic heterocycles. The average molecular weight is 366 g/mol. The second-order valence-corrected chi connectivity index (χ2v) is 7.51. The maximum Gasteiger partial charge on any atom is 0.326 e. The number of benzene rings is 2. The molecule has 6 heteroatoms. The summed E-state index contributed by atoms with van der Waals surface area (Å²) < 4.78 is 1.74. The number of rotatable bonds is 5. The summed E-state index contributed by atoms with van der Waals surface area (Å²) >= 11 is 0. The summed E-state index contributed by atoms with van der Waals surface area (Å²) in [5.74, 6) is 0. The Morgan fingerprint density at radius 1 is 1.30 bits per heavy atom. The van der Waals surface area contributed by atoms with Crippen molar-refractivity contribution in [1.82, 2.24) is 14.9 Å². The van der Waals surface area contributed by atoms with Crippen molar-refractivity contribution in [2.45, 2.75) is 50.9 Å². The number of hydrogen-bond acceptors (Lipinski definition) is 4. The van der Waals surface area contributed by atoms with Gasteiger partial charge in [0.25, 0.3) is 0 Å². The van der Waals surface area contributed by atoms with Gasteiger partial charge in [0.05, 0.1) is 17.1 Å². The Morgan fingerprint density at radius 3 is 2.85 bits per heavy atom. The molecule has 5 N–H and O–H groups in total. The summed E-state index contributed by atoms with van der Waals surface area (Å²) in [4.78, 5) is 15.1. The lowest BCUT2D eigenvalue weighted by Crippen LogP contribution is -2.41. The first-order valence-corrected chi connectivity index (χ1v) is 9.53. The number of aliphatic hydroxyl groups excluding tert-OH is 1. The maximum atomic E-state index is 12.2. The number of hydrogen-bond donors (Lipinski definition) is 4. The number of nitrogens with two attached hydrogens (primary N) is 1. The van der Waals surface area contributed by atoms with Crippen molar-refractivity contribution in [2.75, 3.05) is 5.73 Å². The molecule has 1 aromatic heterocycles. The van der Waals surface area contributed by atoms with E-state index >= 15 is 0 Å². The van der Waals surface area contributed by atoms with Crippen LogP contribution in [0.15, 0.2) is 47.3 Å². The van der Waals surface area contributed by atoms with Crippen molar-refractivity contribution in [3.8, 4) is 0 Å². The number of aromatic amines is 1. The van der Waals surface area contributed by atoms with E-state index in [2.05, 4.69) is 29.4 Å².